The zero-order valence-corrected chi connectivity index (χ0v) is 15.6. The van der Waals surface area contributed by atoms with Crippen molar-refractivity contribution in [3.8, 4) is 0 Å². The minimum atomic E-state index is -0.102. The minimum absolute atomic E-state index is 0.0453. The molecule has 2 atom stereocenters. The highest BCUT2D eigenvalue weighted by atomic mass is 16.3. The topological polar surface area (TPSA) is 66.7 Å². The SMILES string of the molecule is CCC(=O)N1C[C@@H]2CN(C(=O)c3cnco3)C[C@]2(CCc2ccccc2)C1. The third-order valence-corrected chi connectivity index (χ3v) is 6.10. The Labute approximate surface area is 159 Å². The number of carbonyl (C=O) groups excluding carboxylic acids is 2. The first-order valence-electron chi connectivity index (χ1n) is 9.61. The summed E-state index contributed by atoms with van der Waals surface area (Å²) in [6, 6.07) is 10.4. The maximum atomic E-state index is 12.7. The van der Waals surface area contributed by atoms with E-state index in [0.717, 1.165) is 25.9 Å². The Morgan fingerprint density at radius 2 is 1.93 bits per heavy atom. The second kappa shape index (κ2) is 7.18. The summed E-state index contributed by atoms with van der Waals surface area (Å²) in [5.74, 6) is 0.698. The number of oxazole rings is 1. The fraction of sp³-hybridized carbons (Fsp3) is 0.476. The number of amides is 2. The van der Waals surface area contributed by atoms with Crippen molar-refractivity contribution in [1.82, 2.24) is 14.8 Å². The molecule has 0 bridgehead atoms. The zero-order chi connectivity index (χ0) is 18.9. The normalized spacial score (nSPS) is 24.3. The molecule has 3 heterocycles. The molecular weight excluding hydrogens is 342 g/mol. The van der Waals surface area contributed by atoms with Crippen molar-refractivity contribution >= 4 is 11.8 Å². The zero-order valence-electron chi connectivity index (χ0n) is 15.6. The van der Waals surface area contributed by atoms with Crippen LogP contribution in [0.25, 0.3) is 0 Å². The summed E-state index contributed by atoms with van der Waals surface area (Å²) in [4.78, 5) is 32.8. The molecule has 4 rings (SSSR count). The summed E-state index contributed by atoms with van der Waals surface area (Å²) in [6.45, 7) is 4.71. The minimum Gasteiger partial charge on any atom is -0.438 e. The van der Waals surface area contributed by atoms with Crippen LogP contribution in [0, 0.1) is 11.3 Å². The molecule has 2 fully saturated rings. The van der Waals surface area contributed by atoms with E-state index in [0.29, 0.717) is 25.4 Å². The van der Waals surface area contributed by atoms with E-state index >= 15 is 0 Å². The number of likely N-dealkylation sites (tertiary alicyclic amines) is 2. The summed E-state index contributed by atoms with van der Waals surface area (Å²) >= 11 is 0. The highest BCUT2D eigenvalue weighted by Gasteiger charge is 2.54. The van der Waals surface area contributed by atoms with Crippen molar-refractivity contribution in [2.24, 2.45) is 11.3 Å². The van der Waals surface area contributed by atoms with Crippen LogP contribution in [-0.2, 0) is 11.2 Å². The van der Waals surface area contributed by atoms with E-state index in [4.69, 9.17) is 4.42 Å². The van der Waals surface area contributed by atoms with Gasteiger partial charge in [-0.3, -0.25) is 9.59 Å². The maximum Gasteiger partial charge on any atom is 0.291 e. The van der Waals surface area contributed by atoms with Gasteiger partial charge in [-0.25, -0.2) is 4.98 Å². The molecule has 0 radical (unpaired) electrons. The number of fused-ring (bicyclic) bond motifs is 1. The Morgan fingerprint density at radius 3 is 2.63 bits per heavy atom. The van der Waals surface area contributed by atoms with Gasteiger partial charge in [0, 0.05) is 43.9 Å². The smallest absolute Gasteiger partial charge is 0.291 e. The first-order valence-corrected chi connectivity index (χ1v) is 9.61. The number of hydrogen-bond acceptors (Lipinski definition) is 4. The first kappa shape index (κ1) is 17.8. The van der Waals surface area contributed by atoms with Gasteiger partial charge < -0.3 is 14.2 Å². The Kier molecular flexibility index (Phi) is 4.72. The van der Waals surface area contributed by atoms with Crippen molar-refractivity contribution < 1.29 is 14.0 Å². The summed E-state index contributed by atoms with van der Waals surface area (Å²) < 4.78 is 5.20. The van der Waals surface area contributed by atoms with Gasteiger partial charge in [0.05, 0.1) is 6.20 Å². The lowest BCUT2D eigenvalue weighted by Crippen LogP contribution is -2.38. The largest absolute Gasteiger partial charge is 0.438 e. The van der Waals surface area contributed by atoms with Gasteiger partial charge in [0.15, 0.2) is 6.39 Å². The number of aryl methyl sites for hydroxylation is 1. The molecule has 2 saturated heterocycles. The van der Waals surface area contributed by atoms with Crippen LogP contribution in [0.5, 0.6) is 0 Å². The molecule has 2 aromatic rings. The Morgan fingerprint density at radius 1 is 1.19 bits per heavy atom. The van der Waals surface area contributed by atoms with Gasteiger partial charge in [0.2, 0.25) is 11.7 Å². The van der Waals surface area contributed by atoms with Crippen LogP contribution in [0.4, 0.5) is 0 Å². The molecule has 6 nitrogen and oxygen atoms in total. The van der Waals surface area contributed by atoms with Crippen LogP contribution >= 0.6 is 0 Å². The van der Waals surface area contributed by atoms with Gasteiger partial charge in [-0.05, 0) is 18.4 Å². The monoisotopic (exact) mass is 367 g/mol. The molecule has 2 aliphatic heterocycles. The van der Waals surface area contributed by atoms with E-state index < -0.39 is 0 Å². The van der Waals surface area contributed by atoms with Crippen LogP contribution in [0.15, 0.2) is 47.3 Å². The molecule has 2 aliphatic rings. The highest BCUT2D eigenvalue weighted by Crippen LogP contribution is 2.46. The first-order chi connectivity index (χ1) is 13.1. The van der Waals surface area contributed by atoms with Crippen molar-refractivity contribution in [3.05, 3.63) is 54.2 Å². The van der Waals surface area contributed by atoms with Crippen molar-refractivity contribution in [2.75, 3.05) is 26.2 Å². The molecule has 142 valence electrons. The lowest BCUT2D eigenvalue weighted by molar-refractivity contribution is -0.130. The number of rotatable bonds is 5. The van der Waals surface area contributed by atoms with Gasteiger partial charge >= 0.3 is 0 Å². The third-order valence-electron chi connectivity index (χ3n) is 6.10. The van der Waals surface area contributed by atoms with Gasteiger partial charge in [0.25, 0.3) is 5.91 Å². The molecular formula is C21H25N3O3. The fourth-order valence-electron chi connectivity index (χ4n) is 4.62. The lowest BCUT2D eigenvalue weighted by atomic mass is 9.76. The average Bonchev–Trinajstić information content (AvgIpc) is 3.40. The van der Waals surface area contributed by atoms with Crippen molar-refractivity contribution in [3.63, 3.8) is 0 Å². The summed E-state index contributed by atoms with van der Waals surface area (Å²) in [5, 5.41) is 0. The molecule has 27 heavy (non-hydrogen) atoms. The summed E-state index contributed by atoms with van der Waals surface area (Å²) in [5.41, 5.74) is 1.25. The Hall–Kier alpha value is -2.63. The predicted molar refractivity (Wildman–Crippen MR) is 100.0 cm³/mol. The Bertz CT molecular complexity index is 805. The van der Waals surface area contributed by atoms with E-state index in [1.165, 1.54) is 18.2 Å². The number of benzene rings is 1. The van der Waals surface area contributed by atoms with Crippen LogP contribution in [-0.4, -0.2) is 52.8 Å². The fourth-order valence-corrected chi connectivity index (χ4v) is 4.62. The van der Waals surface area contributed by atoms with E-state index in [9.17, 15) is 9.59 Å². The van der Waals surface area contributed by atoms with Gasteiger partial charge in [-0.2, -0.15) is 0 Å². The van der Waals surface area contributed by atoms with Crippen LogP contribution in [0.1, 0.15) is 35.9 Å². The number of nitrogens with zero attached hydrogens (tertiary/aromatic N) is 3. The average molecular weight is 367 g/mol. The van der Waals surface area contributed by atoms with Crippen molar-refractivity contribution in [2.45, 2.75) is 26.2 Å². The molecule has 0 unspecified atom stereocenters. The molecule has 0 N–H and O–H groups in total. The van der Waals surface area contributed by atoms with E-state index in [1.54, 1.807) is 0 Å². The molecule has 6 heteroatoms. The van der Waals surface area contributed by atoms with E-state index in [1.807, 2.05) is 22.8 Å². The van der Waals surface area contributed by atoms with E-state index in [2.05, 4.69) is 29.2 Å². The van der Waals surface area contributed by atoms with Crippen molar-refractivity contribution in [1.29, 1.82) is 0 Å². The lowest BCUT2D eigenvalue weighted by Gasteiger charge is -2.29. The summed E-state index contributed by atoms with van der Waals surface area (Å²) in [7, 11) is 0. The number of aromatic nitrogens is 1. The van der Waals surface area contributed by atoms with Crippen LogP contribution in [0.2, 0.25) is 0 Å². The maximum absolute atomic E-state index is 12.7. The van der Waals surface area contributed by atoms with Gasteiger partial charge in [-0.1, -0.05) is 37.3 Å². The number of carbonyl (C=O) groups is 2. The van der Waals surface area contributed by atoms with Crippen LogP contribution in [0.3, 0.4) is 0 Å². The Balaban J connectivity index is 1.53. The second-order valence-electron chi connectivity index (χ2n) is 7.72. The number of hydrogen-bond donors (Lipinski definition) is 0. The molecule has 0 spiro atoms. The molecule has 1 aromatic heterocycles. The molecule has 0 saturated carbocycles. The third kappa shape index (κ3) is 3.36. The second-order valence-corrected chi connectivity index (χ2v) is 7.72. The van der Waals surface area contributed by atoms with Crippen LogP contribution < -0.4 is 0 Å². The quantitative estimate of drug-likeness (QED) is 0.815. The molecule has 1 aromatic carbocycles. The molecule has 0 aliphatic carbocycles. The van der Waals surface area contributed by atoms with Gasteiger partial charge in [-0.15, -0.1) is 0 Å². The standard InChI is InChI=1S/C21H25N3O3/c1-2-19(25)23-11-17-12-24(20(26)18-10-22-15-27-18)14-21(17,13-23)9-8-16-6-4-3-5-7-16/h3-7,10,15,17H,2,8-9,11-14H2,1H3/t17-,21+/m1/s1. The summed E-state index contributed by atoms with van der Waals surface area (Å²) in [6.07, 6.45) is 5.21. The predicted octanol–water partition coefficient (Wildman–Crippen LogP) is 2.62. The molecule has 2 amide bonds. The highest BCUT2D eigenvalue weighted by molar-refractivity contribution is 5.91. The van der Waals surface area contributed by atoms with E-state index in [-0.39, 0.29) is 23.0 Å². The van der Waals surface area contributed by atoms with Gasteiger partial charge in [0.1, 0.15) is 0 Å².